The molecule has 2 aromatic rings. The van der Waals surface area contributed by atoms with E-state index < -0.39 is 5.41 Å². The molecule has 1 amide bonds. The number of halogens is 1. The fourth-order valence-electron chi connectivity index (χ4n) is 3.58. The second-order valence-electron chi connectivity index (χ2n) is 6.33. The number of piperidine rings is 1. The number of benzene rings is 1. The molecular weight excluding hydrogens is 325 g/mol. The van der Waals surface area contributed by atoms with Crippen molar-refractivity contribution in [3.8, 4) is 0 Å². The molecule has 25 heavy (non-hydrogen) atoms. The topological polar surface area (TPSA) is 64.4 Å². The lowest BCUT2D eigenvalue weighted by molar-refractivity contribution is -0.150. The van der Waals surface area contributed by atoms with Crippen molar-refractivity contribution in [3.63, 3.8) is 0 Å². The van der Waals surface area contributed by atoms with Crippen molar-refractivity contribution >= 4 is 12.0 Å². The number of esters is 1. The molecule has 3 rings (SSSR count). The zero-order valence-electron chi connectivity index (χ0n) is 14.2. The molecule has 1 saturated heterocycles. The molecule has 132 valence electrons. The number of likely N-dealkylation sites (tertiary alicyclic amines) is 1. The molecule has 0 unspecified atom stereocenters. The number of aromatic nitrogens is 2. The average Bonchev–Trinajstić information content (AvgIpc) is 3.15. The average molecular weight is 345 g/mol. The van der Waals surface area contributed by atoms with E-state index in [2.05, 4.69) is 4.98 Å². The van der Waals surface area contributed by atoms with Crippen LogP contribution in [0.25, 0.3) is 0 Å². The SMILES string of the molecule is COC(=O)[C@@]1(c2ccc(F)cc2)CCN(C(=O)n2ccnc2)[C@@H](C)C1. The van der Waals surface area contributed by atoms with Gasteiger partial charge in [0.15, 0.2) is 0 Å². The van der Waals surface area contributed by atoms with Gasteiger partial charge >= 0.3 is 12.0 Å². The number of carbonyl (C=O) groups is 2. The third kappa shape index (κ3) is 3.01. The highest BCUT2D eigenvalue weighted by atomic mass is 19.1. The lowest BCUT2D eigenvalue weighted by Gasteiger charge is -2.44. The predicted octanol–water partition coefficient (Wildman–Crippen LogP) is 2.59. The van der Waals surface area contributed by atoms with Gasteiger partial charge in [-0.2, -0.15) is 0 Å². The summed E-state index contributed by atoms with van der Waals surface area (Å²) in [6.07, 6.45) is 5.42. The van der Waals surface area contributed by atoms with E-state index in [1.807, 2.05) is 6.92 Å². The van der Waals surface area contributed by atoms with E-state index in [9.17, 15) is 14.0 Å². The first-order valence-electron chi connectivity index (χ1n) is 8.11. The number of rotatable bonds is 2. The molecule has 6 nitrogen and oxygen atoms in total. The first-order valence-corrected chi connectivity index (χ1v) is 8.11. The van der Waals surface area contributed by atoms with E-state index in [0.717, 1.165) is 0 Å². The van der Waals surface area contributed by atoms with Crippen LogP contribution < -0.4 is 0 Å². The smallest absolute Gasteiger partial charge is 0.329 e. The Labute approximate surface area is 145 Å². The molecule has 1 aromatic heterocycles. The van der Waals surface area contributed by atoms with E-state index in [1.54, 1.807) is 29.4 Å². The van der Waals surface area contributed by atoms with Crippen LogP contribution in [0.3, 0.4) is 0 Å². The Balaban J connectivity index is 1.89. The summed E-state index contributed by atoms with van der Waals surface area (Å²) in [6.45, 7) is 2.29. The molecule has 2 heterocycles. The zero-order chi connectivity index (χ0) is 18.0. The van der Waals surface area contributed by atoms with Crippen LogP contribution in [0.2, 0.25) is 0 Å². The van der Waals surface area contributed by atoms with Gasteiger partial charge in [0.25, 0.3) is 0 Å². The van der Waals surface area contributed by atoms with E-state index in [4.69, 9.17) is 4.74 Å². The monoisotopic (exact) mass is 345 g/mol. The number of amides is 1. The van der Waals surface area contributed by atoms with Crippen LogP contribution in [0.15, 0.2) is 43.0 Å². The molecule has 1 fully saturated rings. The van der Waals surface area contributed by atoms with Crippen LogP contribution in [0.5, 0.6) is 0 Å². The Bertz CT molecular complexity index is 760. The van der Waals surface area contributed by atoms with Crippen LogP contribution in [0.4, 0.5) is 9.18 Å². The number of nitrogens with zero attached hydrogens (tertiary/aromatic N) is 3. The van der Waals surface area contributed by atoms with Crippen molar-refractivity contribution in [3.05, 3.63) is 54.4 Å². The van der Waals surface area contributed by atoms with Crippen molar-refractivity contribution < 1.29 is 18.7 Å². The molecule has 0 saturated carbocycles. The third-order valence-corrected chi connectivity index (χ3v) is 4.90. The molecule has 0 spiro atoms. The molecule has 0 N–H and O–H groups in total. The van der Waals surface area contributed by atoms with Gasteiger partial charge in [-0.25, -0.2) is 14.2 Å². The van der Waals surface area contributed by atoms with Crippen LogP contribution in [-0.2, 0) is 14.9 Å². The second kappa shape index (κ2) is 6.66. The van der Waals surface area contributed by atoms with Gasteiger partial charge in [0.1, 0.15) is 12.1 Å². The van der Waals surface area contributed by atoms with Crippen LogP contribution in [0.1, 0.15) is 25.3 Å². The number of hydrogen-bond donors (Lipinski definition) is 0. The highest BCUT2D eigenvalue weighted by Gasteiger charge is 2.47. The number of methoxy groups -OCH3 is 1. The van der Waals surface area contributed by atoms with Crippen molar-refractivity contribution in [2.24, 2.45) is 0 Å². The third-order valence-electron chi connectivity index (χ3n) is 4.90. The van der Waals surface area contributed by atoms with E-state index >= 15 is 0 Å². The largest absolute Gasteiger partial charge is 0.468 e. The summed E-state index contributed by atoms with van der Waals surface area (Å²) >= 11 is 0. The Kier molecular flexibility index (Phi) is 4.57. The maximum Gasteiger partial charge on any atom is 0.329 e. The minimum atomic E-state index is -0.881. The summed E-state index contributed by atoms with van der Waals surface area (Å²) in [4.78, 5) is 30.8. The minimum absolute atomic E-state index is 0.178. The Morgan fingerprint density at radius 3 is 2.60 bits per heavy atom. The molecule has 7 heteroatoms. The Morgan fingerprint density at radius 2 is 2.04 bits per heavy atom. The Hall–Kier alpha value is -2.70. The molecule has 0 bridgehead atoms. The second-order valence-corrected chi connectivity index (χ2v) is 6.33. The summed E-state index contributed by atoms with van der Waals surface area (Å²) in [6, 6.07) is 5.55. The first-order chi connectivity index (χ1) is 12.0. The maximum atomic E-state index is 13.3. The van der Waals surface area contributed by atoms with Gasteiger partial charge in [-0.15, -0.1) is 0 Å². The van der Waals surface area contributed by atoms with E-state index in [-0.39, 0.29) is 23.9 Å². The van der Waals surface area contributed by atoms with Crippen molar-refractivity contribution in [2.75, 3.05) is 13.7 Å². The fourth-order valence-corrected chi connectivity index (χ4v) is 3.58. The molecule has 0 radical (unpaired) electrons. The zero-order valence-corrected chi connectivity index (χ0v) is 14.2. The Morgan fingerprint density at radius 1 is 1.32 bits per heavy atom. The van der Waals surface area contributed by atoms with Crippen LogP contribution in [-0.4, -0.2) is 46.1 Å². The molecular formula is C18H20FN3O3. The number of hydrogen-bond acceptors (Lipinski definition) is 4. The van der Waals surface area contributed by atoms with E-state index in [1.165, 1.54) is 30.1 Å². The molecule has 1 aromatic carbocycles. The summed E-state index contributed by atoms with van der Waals surface area (Å²) < 4.78 is 19.7. The van der Waals surface area contributed by atoms with E-state index in [0.29, 0.717) is 24.9 Å². The quantitative estimate of drug-likeness (QED) is 0.785. The highest BCUT2D eigenvalue weighted by Crippen LogP contribution is 2.39. The van der Waals surface area contributed by atoms with Gasteiger partial charge in [0.05, 0.1) is 12.5 Å². The number of imidazole rings is 1. The lowest BCUT2D eigenvalue weighted by Crippen LogP contribution is -2.54. The lowest BCUT2D eigenvalue weighted by atomic mass is 9.70. The van der Waals surface area contributed by atoms with Gasteiger partial charge in [0.2, 0.25) is 0 Å². The molecule has 1 aliphatic heterocycles. The normalized spacial score (nSPS) is 23.3. The van der Waals surface area contributed by atoms with Gasteiger partial charge in [-0.3, -0.25) is 9.36 Å². The molecule has 2 atom stereocenters. The summed E-state index contributed by atoms with van der Waals surface area (Å²) in [5.74, 6) is -0.717. The maximum absolute atomic E-state index is 13.3. The first kappa shape index (κ1) is 17.1. The fraction of sp³-hybridized carbons (Fsp3) is 0.389. The highest BCUT2D eigenvalue weighted by molar-refractivity contribution is 5.84. The van der Waals surface area contributed by atoms with Gasteiger partial charge in [-0.05, 0) is 37.5 Å². The van der Waals surface area contributed by atoms with Crippen molar-refractivity contribution in [2.45, 2.75) is 31.2 Å². The predicted molar refractivity (Wildman–Crippen MR) is 88.5 cm³/mol. The number of ether oxygens (including phenoxy) is 1. The van der Waals surface area contributed by atoms with Crippen molar-refractivity contribution in [1.29, 1.82) is 0 Å². The van der Waals surface area contributed by atoms with Crippen LogP contribution in [0, 0.1) is 5.82 Å². The molecule has 1 aliphatic rings. The summed E-state index contributed by atoms with van der Waals surface area (Å²) in [7, 11) is 1.35. The number of carbonyl (C=O) groups excluding carboxylic acids is 2. The van der Waals surface area contributed by atoms with Gasteiger partial charge in [-0.1, -0.05) is 12.1 Å². The van der Waals surface area contributed by atoms with Gasteiger partial charge < -0.3 is 9.64 Å². The van der Waals surface area contributed by atoms with Crippen LogP contribution >= 0.6 is 0 Å². The summed E-state index contributed by atoms with van der Waals surface area (Å²) in [5, 5.41) is 0. The van der Waals surface area contributed by atoms with Crippen molar-refractivity contribution in [1.82, 2.24) is 14.5 Å². The molecule has 0 aliphatic carbocycles. The van der Waals surface area contributed by atoms with Gasteiger partial charge in [0, 0.05) is 25.0 Å². The minimum Gasteiger partial charge on any atom is -0.468 e. The summed E-state index contributed by atoms with van der Waals surface area (Å²) in [5.41, 5.74) is -0.171. The standard InChI is InChI=1S/C18H20FN3O3/c1-13-11-18(16(23)25-2,14-3-5-15(19)6-4-14)7-9-22(13)17(24)21-10-8-20-12-21/h3-6,8,10,12-13H,7,9,11H2,1-2H3/t13-,18-/m0/s1.